The van der Waals surface area contributed by atoms with Crippen molar-refractivity contribution in [2.75, 3.05) is 10.6 Å². The van der Waals surface area contributed by atoms with Crippen molar-refractivity contribution in [1.82, 2.24) is 9.97 Å². The van der Waals surface area contributed by atoms with Crippen LogP contribution in [0.3, 0.4) is 0 Å². The molecule has 1 aromatic heterocycles. The first-order valence-electron chi connectivity index (χ1n) is 9.10. The van der Waals surface area contributed by atoms with Gasteiger partial charge in [-0.2, -0.15) is 0 Å². The quantitative estimate of drug-likeness (QED) is 0.468. The van der Waals surface area contributed by atoms with Crippen molar-refractivity contribution in [1.29, 1.82) is 0 Å². The van der Waals surface area contributed by atoms with Crippen LogP contribution in [-0.2, 0) is 0 Å². The Morgan fingerprint density at radius 3 is 2.27 bits per heavy atom. The third-order valence-electron chi connectivity index (χ3n) is 4.26. The Morgan fingerprint density at radius 1 is 0.800 bits per heavy atom. The number of rotatable bonds is 5. The first-order chi connectivity index (χ1) is 14.6. The summed E-state index contributed by atoms with van der Waals surface area (Å²) in [5.41, 5.74) is 2.26. The SMILES string of the molecule is O=C(Nc1ccc(F)cc1)c1ccc(Nc2ccnc(-c3cccc(F)c3)n2)cc1. The number of anilines is 3. The second-order valence-corrected chi connectivity index (χ2v) is 6.44. The maximum Gasteiger partial charge on any atom is 0.255 e. The molecule has 4 rings (SSSR count). The molecule has 4 aromatic rings. The van der Waals surface area contributed by atoms with Crippen LogP contribution in [-0.4, -0.2) is 15.9 Å². The normalized spacial score (nSPS) is 10.5. The fourth-order valence-corrected chi connectivity index (χ4v) is 2.78. The van der Waals surface area contributed by atoms with E-state index >= 15 is 0 Å². The molecule has 0 spiro atoms. The average molecular weight is 402 g/mol. The molecule has 0 fully saturated rings. The Balaban J connectivity index is 1.45. The molecule has 2 N–H and O–H groups in total. The van der Waals surface area contributed by atoms with Crippen LogP contribution in [0.1, 0.15) is 10.4 Å². The van der Waals surface area contributed by atoms with E-state index in [1.54, 1.807) is 48.7 Å². The monoisotopic (exact) mass is 402 g/mol. The van der Waals surface area contributed by atoms with E-state index in [9.17, 15) is 13.6 Å². The van der Waals surface area contributed by atoms with E-state index in [1.807, 2.05) is 0 Å². The van der Waals surface area contributed by atoms with Gasteiger partial charge in [0.15, 0.2) is 5.82 Å². The lowest BCUT2D eigenvalue weighted by Crippen LogP contribution is -2.11. The zero-order valence-corrected chi connectivity index (χ0v) is 15.6. The molecule has 0 saturated heterocycles. The highest BCUT2D eigenvalue weighted by atomic mass is 19.1. The fraction of sp³-hybridized carbons (Fsp3) is 0. The lowest BCUT2D eigenvalue weighted by molar-refractivity contribution is 0.102. The van der Waals surface area contributed by atoms with Crippen molar-refractivity contribution in [2.24, 2.45) is 0 Å². The van der Waals surface area contributed by atoms with Crippen molar-refractivity contribution in [3.8, 4) is 11.4 Å². The topological polar surface area (TPSA) is 66.9 Å². The third kappa shape index (κ3) is 4.64. The molecule has 0 bridgehead atoms. The fourth-order valence-electron chi connectivity index (χ4n) is 2.78. The number of amides is 1. The molecule has 0 unspecified atom stereocenters. The van der Waals surface area contributed by atoms with Gasteiger partial charge >= 0.3 is 0 Å². The van der Waals surface area contributed by atoms with E-state index in [-0.39, 0.29) is 17.5 Å². The minimum Gasteiger partial charge on any atom is -0.340 e. The minimum absolute atomic E-state index is 0.302. The second-order valence-electron chi connectivity index (χ2n) is 6.44. The smallest absolute Gasteiger partial charge is 0.255 e. The molecule has 7 heteroatoms. The molecular formula is C23H16F2N4O. The predicted octanol–water partition coefficient (Wildman–Crippen LogP) is 5.42. The van der Waals surface area contributed by atoms with E-state index in [0.29, 0.717) is 28.5 Å². The highest BCUT2D eigenvalue weighted by Gasteiger charge is 2.08. The van der Waals surface area contributed by atoms with Gasteiger partial charge in [0.05, 0.1) is 0 Å². The molecule has 0 saturated carbocycles. The molecule has 30 heavy (non-hydrogen) atoms. The van der Waals surface area contributed by atoms with Crippen LogP contribution in [0.5, 0.6) is 0 Å². The molecule has 1 heterocycles. The van der Waals surface area contributed by atoms with Crippen LogP contribution >= 0.6 is 0 Å². The van der Waals surface area contributed by atoms with Gasteiger partial charge < -0.3 is 10.6 Å². The number of hydrogen-bond donors (Lipinski definition) is 2. The summed E-state index contributed by atoms with van der Waals surface area (Å²) in [6.07, 6.45) is 1.58. The van der Waals surface area contributed by atoms with Crippen LogP contribution in [0.4, 0.5) is 26.0 Å². The maximum absolute atomic E-state index is 13.4. The van der Waals surface area contributed by atoms with Gasteiger partial charge in [-0.05, 0) is 66.7 Å². The zero-order valence-electron chi connectivity index (χ0n) is 15.6. The van der Waals surface area contributed by atoms with Gasteiger partial charge in [0, 0.05) is 28.7 Å². The number of hydrogen-bond acceptors (Lipinski definition) is 4. The Hall–Kier alpha value is -4.13. The molecule has 0 aliphatic heterocycles. The number of benzene rings is 3. The van der Waals surface area contributed by atoms with Crippen LogP contribution in [0.15, 0.2) is 85.1 Å². The molecule has 0 aliphatic carbocycles. The van der Waals surface area contributed by atoms with Gasteiger partial charge in [0.25, 0.3) is 5.91 Å². The number of aromatic nitrogens is 2. The summed E-state index contributed by atoms with van der Waals surface area (Å²) in [7, 11) is 0. The van der Waals surface area contributed by atoms with E-state index in [0.717, 1.165) is 5.69 Å². The molecule has 3 aromatic carbocycles. The lowest BCUT2D eigenvalue weighted by atomic mass is 10.2. The molecule has 0 radical (unpaired) electrons. The summed E-state index contributed by atoms with van der Waals surface area (Å²) in [5.74, 6) is -0.0937. The van der Waals surface area contributed by atoms with Crippen molar-refractivity contribution >= 4 is 23.1 Å². The molecule has 0 aliphatic rings. The van der Waals surface area contributed by atoms with Crippen molar-refractivity contribution < 1.29 is 13.6 Å². The minimum atomic E-state index is -0.367. The number of carbonyl (C=O) groups is 1. The lowest BCUT2D eigenvalue weighted by Gasteiger charge is -2.09. The Bertz CT molecular complexity index is 1180. The van der Waals surface area contributed by atoms with Crippen molar-refractivity contribution in [2.45, 2.75) is 0 Å². The average Bonchev–Trinajstić information content (AvgIpc) is 2.76. The van der Waals surface area contributed by atoms with Gasteiger partial charge in [-0.1, -0.05) is 12.1 Å². The van der Waals surface area contributed by atoms with Crippen LogP contribution in [0, 0.1) is 11.6 Å². The molecular weight excluding hydrogens is 386 g/mol. The molecule has 1 amide bonds. The summed E-state index contributed by atoms with van der Waals surface area (Å²) in [5, 5.41) is 5.84. The zero-order chi connectivity index (χ0) is 20.9. The van der Waals surface area contributed by atoms with Crippen molar-refractivity contribution in [3.05, 3.63) is 102 Å². The molecule has 0 atom stereocenters. The van der Waals surface area contributed by atoms with Gasteiger partial charge in [-0.15, -0.1) is 0 Å². The standard InChI is InChI=1S/C23H16F2N4O/c24-17-6-10-20(11-7-17)28-23(30)15-4-8-19(9-5-15)27-21-12-13-26-22(29-21)16-2-1-3-18(25)14-16/h1-14H,(H,28,30)(H,26,27,29). The van der Waals surface area contributed by atoms with E-state index in [2.05, 4.69) is 20.6 Å². The van der Waals surface area contributed by atoms with Gasteiger partial charge in [0.2, 0.25) is 0 Å². The Labute approximate surface area is 171 Å². The van der Waals surface area contributed by atoms with Gasteiger partial charge in [-0.25, -0.2) is 18.7 Å². The van der Waals surface area contributed by atoms with Crippen molar-refractivity contribution in [3.63, 3.8) is 0 Å². The Morgan fingerprint density at radius 2 is 1.53 bits per heavy atom. The highest BCUT2D eigenvalue weighted by Crippen LogP contribution is 2.20. The number of carbonyl (C=O) groups excluding carboxylic acids is 1. The van der Waals surface area contributed by atoms with Crippen LogP contribution in [0.2, 0.25) is 0 Å². The molecule has 148 valence electrons. The summed E-state index contributed by atoms with van der Waals surface area (Å²) in [6, 6.07) is 20.1. The second kappa shape index (κ2) is 8.48. The van der Waals surface area contributed by atoms with Gasteiger partial charge in [0.1, 0.15) is 17.5 Å². The first kappa shape index (κ1) is 19.2. The number of halogens is 2. The number of nitrogens with one attached hydrogen (secondary N) is 2. The number of nitrogens with zero attached hydrogens (tertiary/aromatic N) is 2. The Kier molecular flexibility index (Phi) is 5.43. The van der Waals surface area contributed by atoms with E-state index in [1.165, 1.54) is 36.4 Å². The molecule has 5 nitrogen and oxygen atoms in total. The first-order valence-corrected chi connectivity index (χ1v) is 9.10. The highest BCUT2D eigenvalue weighted by molar-refractivity contribution is 6.04. The predicted molar refractivity (Wildman–Crippen MR) is 112 cm³/mol. The van der Waals surface area contributed by atoms with E-state index < -0.39 is 0 Å². The van der Waals surface area contributed by atoms with Gasteiger partial charge in [-0.3, -0.25) is 4.79 Å². The summed E-state index contributed by atoms with van der Waals surface area (Å²) in [4.78, 5) is 20.9. The summed E-state index contributed by atoms with van der Waals surface area (Å²) < 4.78 is 26.4. The van der Waals surface area contributed by atoms with E-state index in [4.69, 9.17) is 0 Å². The largest absolute Gasteiger partial charge is 0.340 e. The summed E-state index contributed by atoms with van der Waals surface area (Å²) in [6.45, 7) is 0. The maximum atomic E-state index is 13.4. The third-order valence-corrected chi connectivity index (χ3v) is 4.26. The summed E-state index contributed by atoms with van der Waals surface area (Å²) >= 11 is 0. The van der Waals surface area contributed by atoms with Crippen LogP contribution < -0.4 is 10.6 Å². The van der Waals surface area contributed by atoms with Crippen LogP contribution in [0.25, 0.3) is 11.4 Å².